The number of anilines is 1. The van der Waals surface area contributed by atoms with Crippen molar-refractivity contribution in [3.05, 3.63) is 71.2 Å². The number of aromatic nitrogens is 1. The summed E-state index contributed by atoms with van der Waals surface area (Å²) in [5, 5.41) is 5.78. The molecule has 1 aliphatic carbocycles. The monoisotopic (exact) mass is 481 g/mol. The number of pyridine rings is 1. The number of hydrogen-bond donors (Lipinski definition) is 2. The standard InChI is InChI=1S/C26H29F2N5O2/c1-29-13-20(15-31-21-4-5-21)26-19(14-30-16-23(26)28)3-7-25(34)32-24-6-2-18(12-22(24)27)17-33-8-10-35-11-9-33/h2-3,6-7,12-16,21,31H,4-5,8-11,17H2,1H3,(H,32,34)/b7-3+,20-15+,29-13-. The molecule has 2 N–H and O–H groups in total. The summed E-state index contributed by atoms with van der Waals surface area (Å²) >= 11 is 0. The average molecular weight is 482 g/mol. The number of rotatable bonds is 9. The van der Waals surface area contributed by atoms with Crippen molar-refractivity contribution in [3.63, 3.8) is 0 Å². The number of morpholine rings is 1. The van der Waals surface area contributed by atoms with Gasteiger partial charge in [-0.3, -0.25) is 19.7 Å². The summed E-state index contributed by atoms with van der Waals surface area (Å²) < 4.78 is 34.7. The van der Waals surface area contributed by atoms with Crippen molar-refractivity contribution in [2.24, 2.45) is 4.99 Å². The molecule has 1 amide bonds. The van der Waals surface area contributed by atoms with Crippen LogP contribution in [0.25, 0.3) is 11.6 Å². The van der Waals surface area contributed by atoms with Gasteiger partial charge in [0, 0.05) is 74.1 Å². The molecule has 0 bridgehead atoms. The molecule has 1 aromatic heterocycles. The molecular weight excluding hydrogens is 452 g/mol. The van der Waals surface area contributed by atoms with Crippen molar-refractivity contribution < 1.29 is 18.3 Å². The molecule has 2 fully saturated rings. The van der Waals surface area contributed by atoms with Gasteiger partial charge >= 0.3 is 0 Å². The zero-order chi connectivity index (χ0) is 24.6. The van der Waals surface area contributed by atoms with Crippen molar-refractivity contribution in [2.75, 3.05) is 38.7 Å². The first kappa shape index (κ1) is 24.7. The number of halogens is 2. The summed E-state index contributed by atoms with van der Waals surface area (Å²) in [5.74, 6) is -1.58. The fourth-order valence-electron chi connectivity index (χ4n) is 3.77. The highest BCUT2D eigenvalue weighted by Crippen LogP contribution is 2.24. The van der Waals surface area contributed by atoms with E-state index >= 15 is 0 Å². The predicted octanol–water partition coefficient (Wildman–Crippen LogP) is 3.64. The maximum atomic E-state index is 14.7. The van der Waals surface area contributed by atoms with E-state index < -0.39 is 17.5 Å². The Morgan fingerprint density at radius 1 is 1.23 bits per heavy atom. The minimum Gasteiger partial charge on any atom is -0.388 e. The zero-order valence-electron chi connectivity index (χ0n) is 19.6. The van der Waals surface area contributed by atoms with Crippen LogP contribution in [0.1, 0.15) is 29.5 Å². The van der Waals surface area contributed by atoms with Crippen molar-refractivity contribution >= 4 is 29.5 Å². The van der Waals surface area contributed by atoms with Crippen LogP contribution in [-0.4, -0.2) is 61.4 Å². The summed E-state index contributed by atoms with van der Waals surface area (Å²) in [5.41, 5.74) is 2.13. The molecule has 0 radical (unpaired) electrons. The number of carbonyl (C=O) groups is 1. The highest BCUT2D eigenvalue weighted by molar-refractivity contribution is 6.11. The fraction of sp³-hybridized carbons (Fsp3) is 0.346. The van der Waals surface area contributed by atoms with Gasteiger partial charge in [0.25, 0.3) is 0 Å². The summed E-state index contributed by atoms with van der Waals surface area (Å²) in [7, 11) is 1.60. The Morgan fingerprint density at radius 2 is 2.03 bits per heavy atom. The number of nitrogens with zero attached hydrogens (tertiary/aromatic N) is 3. The van der Waals surface area contributed by atoms with Crippen molar-refractivity contribution in [3.8, 4) is 0 Å². The van der Waals surface area contributed by atoms with E-state index in [9.17, 15) is 13.6 Å². The molecule has 0 atom stereocenters. The third-order valence-corrected chi connectivity index (χ3v) is 5.75. The lowest BCUT2D eigenvalue weighted by Crippen LogP contribution is -2.35. The van der Waals surface area contributed by atoms with Gasteiger partial charge in [0.15, 0.2) is 0 Å². The molecule has 1 saturated heterocycles. The van der Waals surface area contributed by atoms with Gasteiger partial charge in [0.1, 0.15) is 11.6 Å². The van der Waals surface area contributed by atoms with E-state index in [-0.39, 0.29) is 11.3 Å². The van der Waals surface area contributed by atoms with Crippen LogP contribution in [0.15, 0.2) is 47.9 Å². The molecule has 2 heterocycles. The Bertz CT molecular complexity index is 1140. The van der Waals surface area contributed by atoms with Crippen LogP contribution in [0, 0.1) is 11.6 Å². The lowest BCUT2D eigenvalue weighted by atomic mass is 10.0. The van der Waals surface area contributed by atoms with E-state index in [1.165, 1.54) is 24.4 Å². The van der Waals surface area contributed by atoms with Gasteiger partial charge in [0.2, 0.25) is 5.91 Å². The minimum atomic E-state index is -0.536. The lowest BCUT2D eigenvalue weighted by molar-refractivity contribution is -0.111. The predicted molar refractivity (Wildman–Crippen MR) is 133 cm³/mol. The number of hydrogen-bond acceptors (Lipinski definition) is 6. The topological polar surface area (TPSA) is 78.8 Å². The Kier molecular flexibility index (Phi) is 8.33. The number of amides is 1. The van der Waals surface area contributed by atoms with E-state index in [1.807, 2.05) is 0 Å². The van der Waals surface area contributed by atoms with Gasteiger partial charge < -0.3 is 15.4 Å². The number of nitrogens with one attached hydrogen (secondary N) is 2. The second-order valence-corrected chi connectivity index (χ2v) is 8.54. The number of ether oxygens (including phenoxy) is 1. The van der Waals surface area contributed by atoms with Crippen LogP contribution in [0.2, 0.25) is 0 Å². The molecule has 184 valence electrons. The molecule has 2 aromatic rings. The van der Waals surface area contributed by atoms with Gasteiger partial charge in [-0.15, -0.1) is 0 Å². The normalized spacial score (nSPS) is 17.3. The number of carbonyl (C=O) groups excluding carboxylic acids is 1. The third-order valence-electron chi connectivity index (χ3n) is 5.75. The van der Waals surface area contributed by atoms with Gasteiger partial charge in [-0.05, 0) is 36.6 Å². The SMILES string of the molecule is C/N=C\C(=C/NC1CC1)c1c(F)cncc1/C=C/C(=O)Nc1ccc(CN2CCOCC2)cc1F. The van der Waals surface area contributed by atoms with E-state index in [0.717, 1.165) is 37.7 Å². The summed E-state index contributed by atoms with van der Waals surface area (Å²) in [6.45, 7) is 3.57. The first-order chi connectivity index (χ1) is 17.0. The lowest BCUT2D eigenvalue weighted by Gasteiger charge is -2.26. The Hall–Kier alpha value is -3.43. The van der Waals surface area contributed by atoms with Crippen LogP contribution in [0.3, 0.4) is 0 Å². The second-order valence-electron chi connectivity index (χ2n) is 8.54. The van der Waals surface area contributed by atoms with E-state index in [4.69, 9.17) is 4.74 Å². The molecule has 7 nitrogen and oxygen atoms in total. The number of benzene rings is 1. The molecule has 9 heteroatoms. The van der Waals surface area contributed by atoms with Crippen molar-refractivity contribution in [1.82, 2.24) is 15.2 Å². The van der Waals surface area contributed by atoms with Crippen LogP contribution in [0.4, 0.5) is 14.5 Å². The Balaban J connectivity index is 1.45. The summed E-state index contributed by atoms with van der Waals surface area (Å²) in [4.78, 5) is 22.6. The van der Waals surface area contributed by atoms with E-state index in [2.05, 4.69) is 25.5 Å². The van der Waals surface area contributed by atoms with Crippen molar-refractivity contribution in [1.29, 1.82) is 0 Å². The van der Waals surface area contributed by atoms with E-state index in [1.54, 1.807) is 31.6 Å². The third kappa shape index (κ3) is 7.03. The quantitative estimate of drug-likeness (QED) is 0.422. The van der Waals surface area contributed by atoms with Crippen LogP contribution in [0.5, 0.6) is 0 Å². The molecule has 0 unspecified atom stereocenters. The highest BCUT2D eigenvalue weighted by Gasteiger charge is 2.20. The molecule has 1 saturated carbocycles. The zero-order valence-corrected chi connectivity index (χ0v) is 19.6. The summed E-state index contributed by atoms with van der Waals surface area (Å²) in [6, 6.07) is 5.16. The second kappa shape index (κ2) is 11.8. The summed E-state index contributed by atoms with van der Waals surface area (Å²) in [6.07, 6.45) is 10.7. The Morgan fingerprint density at radius 3 is 2.74 bits per heavy atom. The van der Waals surface area contributed by atoms with Crippen LogP contribution < -0.4 is 10.6 Å². The Labute approximate surface area is 203 Å². The molecular formula is C26H29F2N5O2. The maximum Gasteiger partial charge on any atom is 0.248 e. The first-order valence-corrected chi connectivity index (χ1v) is 11.6. The maximum absolute atomic E-state index is 14.7. The molecule has 2 aliphatic rings. The van der Waals surface area contributed by atoms with Crippen LogP contribution >= 0.6 is 0 Å². The van der Waals surface area contributed by atoms with Crippen LogP contribution in [-0.2, 0) is 16.1 Å². The minimum absolute atomic E-state index is 0.0790. The number of allylic oxidation sites excluding steroid dienone is 1. The molecule has 1 aliphatic heterocycles. The van der Waals surface area contributed by atoms with Gasteiger partial charge in [-0.25, -0.2) is 8.78 Å². The van der Waals surface area contributed by atoms with Gasteiger partial charge in [-0.2, -0.15) is 0 Å². The van der Waals surface area contributed by atoms with Crippen molar-refractivity contribution in [2.45, 2.75) is 25.4 Å². The first-order valence-electron chi connectivity index (χ1n) is 11.6. The smallest absolute Gasteiger partial charge is 0.248 e. The largest absolute Gasteiger partial charge is 0.388 e. The number of aliphatic imine (C=N–C) groups is 1. The van der Waals surface area contributed by atoms with Gasteiger partial charge in [0.05, 0.1) is 25.1 Å². The molecule has 4 rings (SSSR count). The fourth-order valence-corrected chi connectivity index (χ4v) is 3.77. The molecule has 35 heavy (non-hydrogen) atoms. The highest BCUT2D eigenvalue weighted by atomic mass is 19.1. The molecule has 1 aromatic carbocycles. The van der Waals surface area contributed by atoms with Gasteiger partial charge in [-0.1, -0.05) is 6.07 Å². The average Bonchev–Trinajstić information content (AvgIpc) is 3.68. The molecule has 0 spiro atoms. The van der Waals surface area contributed by atoms with E-state index in [0.29, 0.717) is 36.9 Å².